The van der Waals surface area contributed by atoms with Crippen LogP contribution in [-0.4, -0.2) is 28.0 Å². The summed E-state index contributed by atoms with van der Waals surface area (Å²) in [5, 5.41) is 0. The fraction of sp³-hybridized carbons (Fsp3) is 0.643. The lowest BCUT2D eigenvalue weighted by Gasteiger charge is -2.35. The Morgan fingerprint density at radius 1 is 1.44 bits per heavy atom. The molecule has 4 heteroatoms. The highest BCUT2D eigenvalue weighted by atomic mass is 79.9. The number of rotatable bonds is 3. The van der Waals surface area contributed by atoms with E-state index < -0.39 is 0 Å². The number of nitrogens with zero attached hydrogens (tertiary/aromatic N) is 2. The van der Waals surface area contributed by atoms with Gasteiger partial charge in [0.1, 0.15) is 5.69 Å². The molecule has 0 bridgehead atoms. The lowest BCUT2D eigenvalue weighted by molar-refractivity contribution is 0.0597. The van der Waals surface area contributed by atoms with Crippen LogP contribution in [0.15, 0.2) is 16.7 Å². The second-order valence-corrected chi connectivity index (χ2v) is 5.80. The van der Waals surface area contributed by atoms with E-state index in [0.29, 0.717) is 6.04 Å². The van der Waals surface area contributed by atoms with E-state index in [2.05, 4.69) is 34.7 Å². The third kappa shape index (κ3) is 2.63. The molecule has 18 heavy (non-hydrogen) atoms. The van der Waals surface area contributed by atoms with Crippen LogP contribution in [-0.2, 0) is 6.54 Å². The summed E-state index contributed by atoms with van der Waals surface area (Å²) in [4.78, 5) is 14.7. The van der Waals surface area contributed by atoms with Crippen LogP contribution in [0.1, 0.15) is 50.0 Å². The minimum atomic E-state index is 0.189. The van der Waals surface area contributed by atoms with Gasteiger partial charge < -0.3 is 9.47 Å². The Bertz CT molecular complexity index is 427. The van der Waals surface area contributed by atoms with Gasteiger partial charge in [0.15, 0.2) is 0 Å². The third-order valence-corrected chi connectivity index (χ3v) is 4.22. The number of amides is 1. The largest absolute Gasteiger partial charge is 0.343 e. The van der Waals surface area contributed by atoms with Crippen LogP contribution >= 0.6 is 15.9 Å². The van der Waals surface area contributed by atoms with Gasteiger partial charge in [0.05, 0.1) is 0 Å². The summed E-state index contributed by atoms with van der Waals surface area (Å²) >= 11 is 3.46. The van der Waals surface area contributed by atoms with Crippen molar-refractivity contribution >= 4 is 21.8 Å². The van der Waals surface area contributed by atoms with E-state index in [1.807, 2.05) is 16.8 Å². The lowest BCUT2D eigenvalue weighted by Crippen LogP contribution is -2.44. The fourth-order valence-corrected chi connectivity index (χ4v) is 3.22. The molecule has 3 nitrogen and oxygen atoms in total. The summed E-state index contributed by atoms with van der Waals surface area (Å²) in [6.07, 6.45) is 6.57. The summed E-state index contributed by atoms with van der Waals surface area (Å²) in [6.45, 7) is 5.98. The van der Waals surface area contributed by atoms with Crippen LogP contribution in [0, 0.1) is 0 Å². The van der Waals surface area contributed by atoms with Crippen molar-refractivity contribution < 1.29 is 4.79 Å². The van der Waals surface area contributed by atoms with Crippen molar-refractivity contribution in [3.05, 3.63) is 22.4 Å². The molecule has 100 valence electrons. The highest BCUT2D eigenvalue weighted by Crippen LogP contribution is 2.23. The van der Waals surface area contributed by atoms with E-state index in [-0.39, 0.29) is 5.91 Å². The van der Waals surface area contributed by atoms with Crippen LogP contribution in [0.4, 0.5) is 0 Å². The molecule has 1 saturated heterocycles. The van der Waals surface area contributed by atoms with Gasteiger partial charge in [-0.3, -0.25) is 4.79 Å². The Hall–Kier alpha value is -0.770. The number of hydrogen-bond donors (Lipinski definition) is 0. The van der Waals surface area contributed by atoms with Gasteiger partial charge in [0.2, 0.25) is 0 Å². The minimum absolute atomic E-state index is 0.189. The van der Waals surface area contributed by atoms with Crippen molar-refractivity contribution in [2.45, 2.75) is 52.1 Å². The molecule has 0 saturated carbocycles. The highest BCUT2D eigenvalue weighted by molar-refractivity contribution is 9.10. The summed E-state index contributed by atoms with van der Waals surface area (Å²) < 4.78 is 3.01. The molecule has 1 aliphatic rings. The number of likely N-dealkylation sites (tertiary alicyclic amines) is 1. The first kappa shape index (κ1) is 13.7. The standard InChI is InChI=1S/C14H21BrN2O/c1-3-12-7-5-6-8-17(12)14(18)13-9-11(15)10-16(13)4-2/h9-10,12H,3-8H2,1-2H3. The van der Waals surface area contributed by atoms with Crippen LogP contribution in [0.25, 0.3) is 0 Å². The van der Waals surface area contributed by atoms with Crippen LogP contribution in [0.3, 0.4) is 0 Å². The molecular formula is C14H21BrN2O. The smallest absolute Gasteiger partial charge is 0.270 e. The van der Waals surface area contributed by atoms with Gasteiger partial charge in [-0.15, -0.1) is 0 Å². The number of piperidine rings is 1. The van der Waals surface area contributed by atoms with Crippen molar-refractivity contribution in [2.75, 3.05) is 6.54 Å². The zero-order valence-corrected chi connectivity index (χ0v) is 12.7. The molecule has 1 amide bonds. The second-order valence-electron chi connectivity index (χ2n) is 4.89. The Balaban J connectivity index is 2.23. The first-order valence-electron chi connectivity index (χ1n) is 6.84. The van der Waals surface area contributed by atoms with Crippen molar-refractivity contribution in [1.82, 2.24) is 9.47 Å². The van der Waals surface area contributed by atoms with Gasteiger partial charge in [-0.05, 0) is 54.6 Å². The molecule has 0 aromatic carbocycles. The Kier molecular flexibility index (Phi) is 4.49. The van der Waals surface area contributed by atoms with Crippen LogP contribution < -0.4 is 0 Å². The van der Waals surface area contributed by atoms with Gasteiger partial charge in [-0.2, -0.15) is 0 Å². The molecule has 2 rings (SSSR count). The van der Waals surface area contributed by atoms with Crippen LogP contribution in [0.5, 0.6) is 0 Å². The second kappa shape index (κ2) is 5.91. The molecule has 0 aliphatic carbocycles. The average Bonchev–Trinajstić information content (AvgIpc) is 2.79. The third-order valence-electron chi connectivity index (χ3n) is 3.78. The molecule has 1 aromatic heterocycles. The topological polar surface area (TPSA) is 25.2 Å². The maximum Gasteiger partial charge on any atom is 0.270 e. The van der Waals surface area contributed by atoms with E-state index in [1.54, 1.807) is 0 Å². The predicted octanol–water partition coefficient (Wildman–Crippen LogP) is 3.68. The maximum atomic E-state index is 12.6. The number of halogens is 1. The van der Waals surface area contributed by atoms with Crippen molar-refractivity contribution in [2.24, 2.45) is 0 Å². The van der Waals surface area contributed by atoms with Gasteiger partial charge in [0, 0.05) is 29.8 Å². The summed E-state index contributed by atoms with van der Waals surface area (Å²) in [5.41, 5.74) is 0.810. The molecule has 0 spiro atoms. The van der Waals surface area contributed by atoms with Gasteiger partial charge >= 0.3 is 0 Å². The first-order chi connectivity index (χ1) is 8.67. The zero-order valence-electron chi connectivity index (χ0n) is 11.2. The van der Waals surface area contributed by atoms with Crippen LogP contribution in [0.2, 0.25) is 0 Å². The predicted molar refractivity (Wildman–Crippen MR) is 76.8 cm³/mol. The first-order valence-corrected chi connectivity index (χ1v) is 7.63. The monoisotopic (exact) mass is 312 g/mol. The normalized spacial score (nSPS) is 20.2. The lowest BCUT2D eigenvalue weighted by atomic mass is 9.99. The molecule has 0 radical (unpaired) electrons. The number of hydrogen-bond acceptors (Lipinski definition) is 1. The van der Waals surface area contributed by atoms with E-state index in [1.165, 1.54) is 6.42 Å². The minimum Gasteiger partial charge on any atom is -0.343 e. The fourth-order valence-electron chi connectivity index (χ4n) is 2.75. The van der Waals surface area contributed by atoms with E-state index in [0.717, 1.165) is 42.5 Å². The molecule has 1 unspecified atom stereocenters. The van der Waals surface area contributed by atoms with Gasteiger partial charge in [-0.1, -0.05) is 6.92 Å². The maximum absolute atomic E-state index is 12.6. The highest BCUT2D eigenvalue weighted by Gasteiger charge is 2.27. The SMILES string of the molecule is CCC1CCCCN1C(=O)c1cc(Br)cn1CC. The van der Waals surface area contributed by atoms with Gasteiger partial charge in [0.25, 0.3) is 5.91 Å². The summed E-state index contributed by atoms with van der Waals surface area (Å²) in [7, 11) is 0. The Morgan fingerprint density at radius 2 is 2.22 bits per heavy atom. The van der Waals surface area contributed by atoms with Gasteiger partial charge in [-0.25, -0.2) is 0 Å². The van der Waals surface area contributed by atoms with E-state index in [9.17, 15) is 4.79 Å². The van der Waals surface area contributed by atoms with Crippen molar-refractivity contribution in [3.8, 4) is 0 Å². The van der Waals surface area contributed by atoms with E-state index >= 15 is 0 Å². The quantitative estimate of drug-likeness (QED) is 0.836. The Labute approximate surface area is 117 Å². The molecule has 1 atom stereocenters. The Morgan fingerprint density at radius 3 is 2.89 bits per heavy atom. The van der Waals surface area contributed by atoms with Crippen molar-refractivity contribution in [1.29, 1.82) is 0 Å². The van der Waals surface area contributed by atoms with E-state index in [4.69, 9.17) is 0 Å². The zero-order chi connectivity index (χ0) is 13.1. The molecule has 2 heterocycles. The summed E-state index contributed by atoms with van der Waals surface area (Å²) in [6, 6.07) is 2.36. The molecule has 0 N–H and O–H groups in total. The van der Waals surface area contributed by atoms with Crippen molar-refractivity contribution in [3.63, 3.8) is 0 Å². The molecule has 1 fully saturated rings. The molecule has 1 aliphatic heterocycles. The number of aryl methyl sites for hydroxylation is 1. The average molecular weight is 313 g/mol. The summed E-state index contributed by atoms with van der Waals surface area (Å²) in [5.74, 6) is 0.189. The number of aromatic nitrogens is 1. The number of carbonyl (C=O) groups is 1. The number of carbonyl (C=O) groups excluding carboxylic acids is 1. The molecular weight excluding hydrogens is 292 g/mol. The molecule has 1 aromatic rings.